The number of carbonyl (C=O) groups is 1. The minimum Gasteiger partial charge on any atom is -0.466 e. The number of aliphatic hydroxyl groups excluding tert-OH is 1. The predicted octanol–water partition coefficient (Wildman–Crippen LogP) is 2.01. The zero-order valence-electron chi connectivity index (χ0n) is 9.30. The van der Waals surface area contributed by atoms with Crippen molar-refractivity contribution in [2.24, 2.45) is 0 Å². The first kappa shape index (κ1) is 12.5. The molecule has 1 aromatic rings. The van der Waals surface area contributed by atoms with Crippen LogP contribution in [0.1, 0.15) is 18.9 Å². The first-order valence-corrected chi connectivity index (χ1v) is 5.29. The first-order valence-electron chi connectivity index (χ1n) is 5.29. The van der Waals surface area contributed by atoms with Crippen molar-refractivity contribution in [3.8, 4) is 0 Å². The Bertz CT molecular complexity index is 343. The number of hydrogen-bond acceptors (Lipinski definition) is 3. The van der Waals surface area contributed by atoms with E-state index in [4.69, 9.17) is 4.74 Å². The summed E-state index contributed by atoms with van der Waals surface area (Å²) in [4.78, 5) is 11.0. The van der Waals surface area contributed by atoms with Crippen LogP contribution in [0.4, 0.5) is 0 Å². The summed E-state index contributed by atoms with van der Waals surface area (Å²) >= 11 is 0. The minimum atomic E-state index is -0.792. The van der Waals surface area contributed by atoms with Crippen molar-refractivity contribution in [2.75, 3.05) is 6.61 Å². The van der Waals surface area contributed by atoms with Gasteiger partial charge in [0.05, 0.1) is 19.1 Å². The predicted molar refractivity (Wildman–Crippen MR) is 62.7 cm³/mol. The van der Waals surface area contributed by atoms with Gasteiger partial charge in [-0.2, -0.15) is 0 Å². The highest BCUT2D eigenvalue weighted by atomic mass is 16.5. The number of esters is 1. The number of hydrogen-bond donors (Lipinski definition) is 1. The van der Waals surface area contributed by atoms with Crippen molar-refractivity contribution in [3.63, 3.8) is 0 Å². The van der Waals surface area contributed by atoms with E-state index >= 15 is 0 Å². The van der Waals surface area contributed by atoms with Crippen molar-refractivity contribution in [1.29, 1.82) is 0 Å². The molecule has 0 unspecified atom stereocenters. The highest BCUT2D eigenvalue weighted by molar-refractivity contribution is 5.70. The number of rotatable bonds is 5. The van der Waals surface area contributed by atoms with Gasteiger partial charge in [0, 0.05) is 0 Å². The fourth-order valence-electron chi connectivity index (χ4n) is 1.25. The molecule has 0 aliphatic heterocycles. The van der Waals surface area contributed by atoms with Gasteiger partial charge in [0.25, 0.3) is 0 Å². The molecular weight excluding hydrogens is 204 g/mol. The second kappa shape index (κ2) is 6.80. The van der Waals surface area contributed by atoms with E-state index < -0.39 is 6.10 Å². The maximum absolute atomic E-state index is 11.0. The summed E-state index contributed by atoms with van der Waals surface area (Å²) in [5, 5.41) is 9.52. The van der Waals surface area contributed by atoms with Gasteiger partial charge in [-0.3, -0.25) is 4.79 Å². The van der Waals surface area contributed by atoms with Crippen LogP contribution < -0.4 is 0 Å². The van der Waals surface area contributed by atoms with Crippen LogP contribution in [0.15, 0.2) is 36.4 Å². The summed E-state index contributed by atoms with van der Waals surface area (Å²) < 4.78 is 4.73. The van der Waals surface area contributed by atoms with E-state index in [1.54, 1.807) is 19.1 Å². The molecule has 0 saturated carbocycles. The Hall–Kier alpha value is -1.61. The molecule has 1 N–H and O–H groups in total. The van der Waals surface area contributed by atoms with E-state index in [9.17, 15) is 9.90 Å². The summed E-state index contributed by atoms with van der Waals surface area (Å²) in [6, 6.07) is 9.60. The van der Waals surface area contributed by atoms with Crippen LogP contribution in [-0.2, 0) is 9.53 Å². The highest BCUT2D eigenvalue weighted by Crippen LogP contribution is 2.04. The van der Waals surface area contributed by atoms with E-state index in [0.29, 0.717) is 6.61 Å². The molecule has 0 spiro atoms. The van der Waals surface area contributed by atoms with E-state index in [0.717, 1.165) is 5.56 Å². The number of carbonyl (C=O) groups excluding carboxylic acids is 1. The Labute approximate surface area is 95.4 Å². The smallest absolute Gasteiger partial charge is 0.308 e. The van der Waals surface area contributed by atoms with Crippen LogP contribution in [0, 0.1) is 0 Å². The van der Waals surface area contributed by atoms with Crippen LogP contribution in [0.25, 0.3) is 6.08 Å². The zero-order chi connectivity index (χ0) is 11.8. The molecule has 86 valence electrons. The van der Waals surface area contributed by atoms with Crippen molar-refractivity contribution < 1.29 is 14.6 Å². The van der Waals surface area contributed by atoms with Crippen molar-refractivity contribution in [3.05, 3.63) is 42.0 Å². The standard InChI is InChI=1S/C13H16O3/c1-2-16-13(15)10-12(14)9-8-11-6-4-3-5-7-11/h3-9,12,14H,2,10H2,1H3/t12-/m1/s1. The molecule has 1 rings (SSSR count). The lowest BCUT2D eigenvalue weighted by Crippen LogP contribution is -2.13. The topological polar surface area (TPSA) is 46.5 Å². The molecule has 0 amide bonds. The SMILES string of the molecule is CCOC(=O)C[C@H](O)C=Cc1ccccc1. The lowest BCUT2D eigenvalue weighted by Gasteiger charge is -2.04. The Kier molecular flexibility index (Phi) is 5.29. The highest BCUT2D eigenvalue weighted by Gasteiger charge is 2.07. The molecule has 0 aliphatic rings. The van der Waals surface area contributed by atoms with E-state index in [1.807, 2.05) is 30.3 Å². The molecule has 0 saturated heterocycles. The van der Waals surface area contributed by atoms with Crippen LogP contribution in [-0.4, -0.2) is 23.8 Å². The van der Waals surface area contributed by atoms with Gasteiger partial charge in [0.1, 0.15) is 0 Å². The molecular formula is C13H16O3. The van der Waals surface area contributed by atoms with E-state index in [1.165, 1.54) is 0 Å². The largest absolute Gasteiger partial charge is 0.466 e. The summed E-state index contributed by atoms with van der Waals surface area (Å²) in [6.07, 6.45) is 2.58. The van der Waals surface area contributed by atoms with Crippen LogP contribution >= 0.6 is 0 Å². The average molecular weight is 220 g/mol. The van der Waals surface area contributed by atoms with Gasteiger partial charge in [0.2, 0.25) is 0 Å². The van der Waals surface area contributed by atoms with Crippen molar-refractivity contribution >= 4 is 12.0 Å². The lowest BCUT2D eigenvalue weighted by molar-refractivity contribution is -0.144. The minimum absolute atomic E-state index is 0.00280. The summed E-state index contributed by atoms with van der Waals surface area (Å²) in [7, 11) is 0. The molecule has 16 heavy (non-hydrogen) atoms. The molecule has 1 atom stereocenters. The van der Waals surface area contributed by atoms with E-state index in [2.05, 4.69) is 0 Å². The molecule has 0 radical (unpaired) electrons. The second-order valence-corrected chi connectivity index (χ2v) is 3.35. The van der Waals surface area contributed by atoms with Gasteiger partial charge in [-0.15, -0.1) is 0 Å². The number of benzene rings is 1. The molecule has 1 aromatic carbocycles. The Morgan fingerprint density at radius 1 is 1.44 bits per heavy atom. The number of ether oxygens (including phenoxy) is 1. The quantitative estimate of drug-likeness (QED) is 0.772. The van der Waals surface area contributed by atoms with Gasteiger partial charge >= 0.3 is 5.97 Å². The van der Waals surface area contributed by atoms with Gasteiger partial charge in [0.15, 0.2) is 0 Å². The maximum atomic E-state index is 11.0. The third-order valence-corrected chi connectivity index (χ3v) is 1.99. The third kappa shape index (κ3) is 4.75. The van der Waals surface area contributed by atoms with Crippen LogP contribution in [0.2, 0.25) is 0 Å². The molecule has 0 fully saturated rings. The van der Waals surface area contributed by atoms with Crippen LogP contribution in [0.3, 0.4) is 0 Å². The Balaban J connectivity index is 2.42. The fourth-order valence-corrected chi connectivity index (χ4v) is 1.25. The van der Waals surface area contributed by atoms with Gasteiger partial charge in [-0.25, -0.2) is 0 Å². The summed E-state index contributed by atoms with van der Waals surface area (Å²) in [5.74, 6) is -0.382. The Morgan fingerprint density at radius 3 is 2.75 bits per heavy atom. The van der Waals surface area contributed by atoms with Gasteiger partial charge < -0.3 is 9.84 Å². The Morgan fingerprint density at radius 2 is 2.12 bits per heavy atom. The van der Waals surface area contributed by atoms with Gasteiger partial charge in [-0.05, 0) is 12.5 Å². The maximum Gasteiger partial charge on any atom is 0.308 e. The molecule has 0 heterocycles. The van der Waals surface area contributed by atoms with E-state index in [-0.39, 0.29) is 12.4 Å². The van der Waals surface area contributed by atoms with Crippen molar-refractivity contribution in [1.82, 2.24) is 0 Å². The third-order valence-electron chi connectivity index (χ3n) is 1.99. The molecule has 3 heteroatoms. The van der Waals surface area contributed by atoms with Crippen molar-refractivity contribution in [2.45, 2.75) is 19.4 Å². The zero-order valence-corrected chi connectivity index (χ0v) is 9.30. The second-order valence-electron chi connectivity index (χ2n) is 3.35. The lowest BCUT2D eigenvalue weighted by atomic mass is 10.1. The summed E-state index contributed by atoms with van der Waals surface area (Å²) in [6.45, 7) is 2.08. The summed E-state index contributed by atoms with van der Waals surface area (Å²) in [5.41, 5.74) is 0.991. The molecule has 0 aliphatic carbocycles. The monoisotopic (exact) mass is 220 g/mol. The van der Waals surface area contributed by atoms with Crippen LogP contribution in [0.5, 0.6) is 0 Å². The number of aliphatic hydroxyl groups is 1. The molecule has 0 aromatic heterocycles. The average Bonchev–Trinajstić information content (AvgIpc) is 2.28. The molecule has 3 nitrogen and oxygen atoms in total. The first-order chi connectivity index (χ1) is 7.72. The molecule has 0 bridgehead atoms. The normalized spacial score (nSPS) is 12.6. The van der Waals surface area contributed by atoms with Gasteiger partial charge in [-0.1, -0.05) is 42.5 Å². The fraction of sp³-hybridized carbons (Fsp3) is 0.308.